The summed E-state index contributed by atoms with van der Waals surface area (Å²) in [5.74, 6) is -0.108. The molecule has 0 N–H and O–H groups in total. The van der Waals surface area contributed by atoms with Gasteiger partial charge in [0, 0.05) is 12.6 Å². The highest BCUT2D eigenvalue weighted by molar-refractivity contribution is 6.07. The molecule has 5 heteroatoms. The van der Waals surface area contributed by atoms with Gasteiger partial charge in [-0.25, -0.2) is 4.68 Å². The van der Waals surface area contributed by atoms with Crippen LogP contribution in [0.15, 0.2) is 48.5 Å². The fourth-order valence-electron chi connectivity index (χ4n) is 2.14. The Kier molecular flexibility index (Phi) is 3.50. The molecule has 0 aliphatic heterocycles. The second-order valence-corrected chi connectivity index (χ2v) is 4.85. The van der Waals surface area contributed by atoms with Crippen LogP contribution in [0, 0.1) is 11.3 Å². The molecule has 0 unspecified atom stereocenters. The minimum absolute atomic E-state index is 0.108. The van der Waals surface area contributed by atoms with Crippen molar-refractivity contribution >= 4 is 22.9 Å². The zero-order chi connectivity index (χ0) is 15.5. The maximum Gasteiger partial charge on any atom is 0.185 e. The number of allylic oxidation sites excluding steroid dienone is 1. The Balaban J connectivity index is 1.82. The predicted octanol–water partition coefficient (Wildman–Crippen LogP) is 2.74. The molecule has 0 saturated carbocycles. The van der Waals surface area contributed by atoms with E-state index in [-0.39, 0.29) is 5.78 Å². The Morgan fingerprint density at radius 1 is 1.23 bits per heavy atom. The van der Waals surface area contributed by atoms with Crippen molar-refractivity contribution in [3.63, 3.8) is 0 Å². The van der Waals surface area contributed by atoms with Gasteiger partial charge in [-0.1, -0.05) is 17.4 Å². The average molecular weight is 288 g/mol. The van der Waals surface area contributed by atoms with Gasteiger partial charge in [0.1, 0.15) is 5.52 Å². The standard InChI is InChI=1S/C17H12N4O/c1-21-16-8-4-12(10-15(16)19-20-21)5-9-17(22)14-6-2-13(11-18)3-7-14/h2-10H,1H3/b9-5+. The lowest BCUT2D eigenvalue weighted by Gasteiger charge is -1.97. The molecular weight excluding hydrogens is 276 g/mol. The Bertz CT molecular complexity index is 914. The zero-order valence-corrected chi connectivity index (χ0v) is 11.9. The molecule has 5 nitrogen and oxygen atoms in total. The second-order valence-electron chi connectivity index (χ2n) is 4.85. The van der Waals surface area contributed by atoms with Gasteiger partial charge in [0.15, 0.2) is 5.78 Å². The number of aryl methyl sites for hydroxylation is 1. The monoisotopic (exact) mass is 288 g/mol. The van der Waals surface area contributed by atoms with E-state index >= 15 is 0 Å². The van der Waals surface area contributed by atoms with Crippen LogP contribution in [0.5, 0.6) is 0 Å². The number of ketones is 1. The van der Waals surface area contributed by atoms with Gasteiger partial charge < -0.3 is 0 Å². The van der Waals surface area contributed by atoms with Gasteiger partial charge in [-0.3, -0.25) is 4.79 Å². The number of rotatable bonds is 3. The lowest BCUT2D eigenvalue weighted by molar-refractivity contribution is 0.104. The summed E-state index contributed by atoms with van der Waals surface area (Å²) in [6, 6.07) is 14.3. The first-order chi connectivity index (χ1) is 10.7. The molecule has 0 radical (unpaired) electrons. The van der Waals surface area contributed by atoms with Crippen molar-refractivity contribution in [3.05, 3.63) is 65.2 Å². The molecule has 0 saturated heterocycles. The van der Waals surface area contributed by atoms with Crippen molar-refractivity contribution in [1.29, 1.82) is 5.26 Å². The van der Waals surface area contributed by atoms with Crippen molar-refractivity contribution < 1.29 is 4.79 Å². The van der Waals surface area contributed by atoms with Crippen LogP contribution in [0.25, 0.3) is 17.1 Å². The van der Waals surface area contributed by atoms with E-state index in [9.17, 15) is 4.79 Å². The number of hydrogen-bond donors (Lipinski definition) is 0. The molecule has 22 heavy (non-hydrogen) atoms. The van der Waals surface area contributed by atoms with E-state index in [1.54, 1.807) is 35.0 Å². The molecule has 0 amide bonds. The van der Waals surface area contributed by atoms with Crippen LogP contribution in [-0.4, -0.2) is 20.8 Å². The van der Waals surface area contributed by atoms with Crippen LogP contribution in [0.2, 0.25) is 0 Å². The summed E-state index contributed by atoms with van der Waals surface area (Å²) >= 11 is 0. The summed E-state index contributed by atoms with van der Waals surface area (Å²) in [5, 5.41) is 16.7. The van der Waals surface area contributed by atoms with Gasteiger partial charge in [0.05, 0.1) is 17.1 Å². The molecule has 3 rings (SSSR count). The van der Waals surface area contributed by atoms with E-state index in [0.29, 0.717) is 11.1 Å². The van der Waals surface area contributed by atoms with Crippen LogP contribution >= 0.6 is 0 Å². The number of hydrogen-bond acceptors (Lipinski definition) is 4. The molecule has 0 atom stereocenters. The van der Waals surface area contributed by atoms with E-state index in [0.717, 1.165) is 16.6 Å². The number of aromatic nitrogens is 3. The van der Waals surface area contributed by atoms with E-state index < -0.39 is 0 Å². The second kappa shape index (κ2) is 5.62. The maximum atomic E-state index is 12.1. The molecule has 0 bridgehead atoms. The van der Waals surface area contributed by atoms with E-state index in [1.807, 2.05) is 31.3 Å². The lowest BCUT2D eigenvalue weighted by atomic mass is 10.1. The van der Waals surface area contributed by atoms with Crippen molar-refractivity contribution in [2.75, 3.05) is 0 Å². The first kappa shape index (κ1) is 13.7. The van der Waals surface area contributed by atoms with Crippen LogP contribution in [0.4, 0.5) is 0 Å². The molecule has 1 aromatic heterocycles. The van der Waals surface area contributed by atoms with Gasteiger partial charge in [0.25, 0.3) is 0 Å². The maximum absolute atomic E-state index is 12.1. The SMILES string of the molecule is Cn1nnc2cc(/C=C/C(=O)c3ccc(C#N)cc3)ccc21. The lowest BCUT2D eigenvalue weighted by Crippen LogP contribution is -1.93. The van der Waals surface area contributed by atoms with Crippen molar-refractivity contribution in [2.24, 2.45) is 7.05 Å². The fourth-order valence-corrected chi connectivity index (χ4v) is 2.14. The van der Waals surface area contributed by atoms with Crippen LogP contribution < -0.4 is 0 Å². The van der Waals surface area contributed by atoms with Crippen LogP contribution in [0.3, 0.4) is 0 Å². The van der Waals surface area contributed by atoms with E-state index in [1.165, 1.54) is 6.08 Å². The van der Waals surface area contributed by atoms with Crippen LogP contribution in [0.1, 0.15) is 21.5 Å². The van der Waals surface area contributed by atoms with E-state index in [4.69, 9.17) is 5.26 Å². The Labute approximate surface area is 127 Å². The summed E-state index contributed by atoms with van der Waals surface area (Å²) in [6.45, 7) is 0. The molecule has 1 heterocycles. The molecule has 0 aliphatic rings. The number of carbonyl (C=O) groups is 1. The number of nitriles is 1. The summed E-state index contributed by atoms with van der Waals surface area (Å²) < 4.78 is 1.70. The third kappa shape index (κ3) is 2.63. The Morgan fingerprint density at radius 3 is 2.73 bits per heavy atom. The Morgan fingerprint density at radius 2 is 2.00 bits per heavy atom. The summed E-state index contributed by atoms with van der Waals surface area (Å²) in [6.07, 6.45) is 3.26. The van der Waals surface area contributed by atoms with Crippen molar-refractivity contribution in [1.82, 2.24) is 15.0 Å². The predicted molar refractivity (Wildman–Crippen MR) is 83.0 cm³/mol. The number of nitrogens with zero attached hydrogens (tertiary/aromatic N) is 4. The minimum atomic E-state index is -0.108. The summed E-state index contributed by atoms with van der Waals surface area (Å²) in [7, 11) is 1.83. The molecule has 0 spiro atoms. The van der Waals surface area contributed by atoms with E-state index in [2.05, 4.69) is 10.3 Å². The third-order valence-corrected chi connectivity index (χ3v) is 3.36. The molecule has 0 aliphatic carbocycles. The molecular formula is C17H12N4O. The quantitative estimate of drug-likeness (QED) is 0.549. The number of carbonyl (C=O) groups excluding carboxylic acids is 1. The van der Waals surface area contributed by atoms with Gasteiger partial charge in [-0.2, -0.15) is 5.26 Å². The summed E-state index contributed by atoms with van der Waals surface area (Å²) in [5.41, 5.74) is 3.70. The van der Waals surface area contributed by atoms with Crippen molar-refractivity contribution in [2.45, 2.75) is 0 Å². The third-order valence-electron chi connectivity index (χ3n) is 3.36. The topological polar surface area (TPSA) is 71.6 Å². The number of fused-ring (bicyclic) bond motifs is 1. The Hall–Kier alpha value is -3.26. The first-order valence-corrected chi connectivity index (χ1v) is 6.69. The zero-order valence-electron chi connectivity index (χ0n) is 11.9. The van der Waals surface area contributed by atoms with Gasteiger partial charge in [-0.15, -0.1) is 5.10 Å². The van der Waals surface area contributed by atoms with Gasteiger partial charge in [0.2, 0.25) is 0 Å². The number of benzene rings is 2. The normalized spacial score (nSPS) is 10.9. The first-order valence-electron chi connectivity index (χ1n) is 6.69. The highest BCUT2D eigenvalue weighted by Crippen LogP contribution is 2.14. The largest absolute Gasteiger partial charge is 0.289 e. The van der Waals surface area contributed by atoms with Gasteiger partial charge in [-0.05, 0) is 48.0 Å². The highest BCUT2D eigenvalue weighted by Gasteiger charge is 2.03. The summed E-state index contributed by atoms with van der Waals surface area (Å²) in [4.78, 5) is 12.1. The van der Waals surface area contributed by atoms with Crippen molar-refractivity contribution in [3.8, 4) is 6.07 Å². The minimum Gasteiger partial charge on any atom is -0.289 e. The van der Waals surface area contributed by atoms with Gasteiger partial charge >= 0.3 is 0 Å². The molecule has 106 valence electrons. The van der Waals surface area contributed by atoms with Crippen LogP contribution in [-0.2, 0) is 7.05 Å². The smallest absolute Gasteiger partial charge is 0.185 e. The highest BCUT2D eigenvalue weighted by atomic mass is 16.1. The molecule has 0 fully saturated rings. The molecule has 2 aromatic carbocycles. The fraction of sp³-hybridized carbons (Fsp3) is 0.0588. The average Bonchev–Trinajstić information content (AvgIpc) is 2.93. The molecule has 3 aromatic rings.